The third-order valence-electron chi connectivity index (χ3n) is 6.19. The van der Waals surface area contributed by atoms with Crippen molar-refractivity contribution in [3.05, 3.63) is 35.4 Å². The van der Waals surface area contributed by atoms with Gasteiger partial charge < -0.3 is 10.4 Å². The molecule has 0 aliphatic heterocycles. The smallest absolute Gasteiger partial charge is 0.162 e. The first-order valence-electron chi connectivity index (χ1n) is 13.2. The molecule has 0 spiro atoms. The summed E-state index contributed by atoms with van der Waals surface area (Å²) in [5.74, 6) is 0.201. The average Bonchev–Trinajstić information content (AvgIpc) is 2.79. The fourth-order valence-corrected chi connectivity index (χ4v) is 4.12. The van der Waals surface area contributed by atoms with E-state index in [9.17, 15) is 9.90 Å². The molecule has 2 N–H and O–H groups in total. The lowest BCUT2D eigenvalue weighted by atomic mass is 9.99. The first-order valence-corrected chi connectivity index (χ1v) is 13.2. The molecule has 0 saturated carbocycles. The number of hydrogen-bond acceptors (Lipinski definition) is 3. The molecule has 0 radical (unpaired) electrons. The van der Waals surface area contributed by atoms with Crippen LogP contribution in [0.1, 0.15) is 139 Å². The van der Waals surface area contributed by atoms with Crippen molar-refractivity contribution < 1.29 is 9.90 Å². The van der Waals surface area contributed by atoms with E-state index in [4.69, 9.17) is 0 Å². The van der Waals surface area contributed by atoms with Crippen LogP contribution in [0.25, 0.3) is 0 Å². The molecule has 0 heterocycles. The summed E-state index contributed by atoms with van der Waals surface area (Å²) in [4.78, 5) is 12.5. The molecule has 3 heteroatoms. The molecule has 1 aromatic carbocycles. The number of hydrogen-bond donors (Lipinski definition) is 2. The Morgan fingerprint density at radius 3 is 1.84 bits per heavy atom. The van der Waals surface area contributed by atoms with Crippen LogP contribution in [0.4, 0.5) is 0 Å². The maximum atomic E-state index is 12.5. The van der Waals surface area contributed by atoms with Gasteiger partial charge in [0.15, 0.2) is 5.78 Å². The van der Waals surface area contributed by atoms with Gasteiger partial charge in [-0.05, 0) is 24.6 Å². The fourth-order valence-electron chi connectivity index (χ4n) is 4.12. The molecule has 0 aromatic heterocycles. The summed E-state index contributed by atoms with van der Waals surface area (Å²) in [6.45, 7) is 5.64. The first kappa shape index (κ1) is 27.8. The first-order chi connectivity index (χ1) is 15.2. The highest BCUT2D eigenvalue weighted by molar-refractivity contribution is 5.96. The normalized spacial score (nSPS) is 12.2. The molecule has 178 valence electrons. The Morgan fingerprint density at radius 2 is 1.32 bits per heavy atom. The van der Waals surface area contributed by atoms with Gasteiger partial charge in [0.2, 0.25) is 0 Å². The summed E-state index contributed by atoms with van der Waals surface area (Å²) in [5.41, 5.74) is 1.56. The molecule has 0 bridgehead atoms. The van der Waals surface area contributed by atoms with E-state index in [-0.39, 0.29) is 5.78 Å². The van der Waals surface area contributed by atoms with Crippen molar-refractivity contribution in [1.82, 2.24) is 5.32 Å². The number of ketones is 1. The van der Waals surface area contributed by atoms with Gasteiger partial charge in [-0.25, -0.2) is 0 Å². The van der Waals surface area contributed by atoms with Crippen molar-refractivity contribution in [2.75, 3.05) is 13.1 Å². The molecule has 3 nitrogen and oxygen atoms in total. The molecule has 0 saturated heterocycles. The van der Waals surface area contributed by atoms with Crippen LogP contribution in [0.5, 0.6) is 0 Å². The van der Waals surface area contributed by atoms with Crippen LogP contribution in [-0.2, 0) is 0 Å². The third-order valence-corrected chi connectivity index (χ3v) is 6.19. The third kappa shape index (κ3) is 14.5. The second kappa shape index (κ2) is 19.5. The van der Waals surface area contributed by atoms with E-state index >= 15 is 0 Å². The van der Waals surface area contributed by atoms with E-state index < -0.39 is 6.10 Å². The van der Waals surface area contributed by atoms with Gasteiger partial charge in [0.25, 0.3) is 0 Å². The fraction of sp³-hybridized carbons (Fsp3) is 0.750. The van der Waals surface area contributed by atoms with Gasteiger partial charge in [-0.2, -0.15) is 0 Å². The predicted octanol–water partition coefficient (Wildman–Crippen LogP) is 7.77. The lowest BCUT2D eigenvalue weighted by molar-refractivity contribution is 0.0978. The Kier molecular flexibility index (Phi) is 17.5. The summed E-state index contributed by atoms with van der Waals surface area (Å²) in [5, 5.41) is 13.3. The average molecular weight is 432 g/mol. The molecule has 1 atom stereocenters. The Bertz CT molecular complexity index is 558. The van der Waals surface area contributed by atoms with E-state index in [1.807, 2.05) is 31.2 Å². The van der Waals surface area contributed by atoms with Crippen molar-refractivity contribution in [3.63, 3.8) is 0 Å². The minimum atomic E-state index is -0.557. The predicted molar refractivity (Wildman–Crippen MR) is 134 cm³/mol. The number of nitrogens with one attached hydrogen (secondary N) is 1. The highest BCUT2D eigenvalue weighted by atomic mass is 16.3. The number of carbonyl (C=O) groups is 1. The summed E-state index contributed by atoms with van der Waals surface area (Å²) in [6, 6.07) is 7.50. The SMILES string of the molecule is CCCCCCCCCCCCCCCCCC(=O)c1cccc(C(O)CNCC)c1. The number of unbranched alkanes of at least 4 members (excludes halogenated alkanes) is 14. The second-order valence-electron chi connectivity index (χ2n) is 9.07. The largest absolute Gasteiger partial charge is 0.387 e. The Labute approximate surface area is 192 Å². The van der Waals surface area contributed by atoms with Crippen molar-refractivity contribution in [3.8, 4) is 0 Å². The molecule has 31 heavy (non-hydrogen) atoms. The molecule has 0 aliphatic carbocycles. The van der Waals surface area contributed by atoms with Crippen LogP contribution in [0, 0.1) is 0 Å². The number of rotatable bonds is 21. The maximum Gasteiger partial charge on any atom is 0.162 e. The Morgan fingerprint density at radius 1 is 0.806 bits per heavy atom. The molecule has 0 amide bonds. The van der Waals surface area contributed by atoms with Gasteiger partial charge in [-0.15, -0.1) is 0 Å². The van der Waals surface area contributed by atoms with Crippen molar-refractivity contribution >= 4 is 5.78 Å². The zero-order valence-corrected chi connectivity index (χ0v) is 20.5. The van der Waals surface area contributed by atoms with Crippen LogP contribution in [0.3, 0.4) is 0 Å². The summed E-state index contributed by atoms with van der Waals surface area (Å²) < 4.78 is 0. The van der Waals surface area contributed by atoms with Gasteiger partial charge in [0, 0.05) is 18.5 Å². The molecule has 1 aromatic rings. The number of aliphatic hydroxyl groups excluding tert-OH is 1. The molecule has 1 rings (SSSR count). The minimum absolute atomic E-state index is 0.201. The van der Waals surface area contributed by atoms with E-state index in [1.54, 1.807) is 0 Å². The quantitative estimate of drug-likeness (QED) is 0.154. The van der Waals surface area contributed by atoms with Crippen LogP contribution >= 0.6 is 0 Å². The van der Waals surface area contributed by atoms with Crippen LogP contribution < -0.4 is 5.32 Å². The number of benzene rings is 1. The van der Waals surface area contributed by atoms with Crippen LogP contribution in [0.15, 0.2) is 24.3 Å². The Hall–Kier alpha value is -1.19. The maximum absolute atomic E-state index is 12.5. The minimum Gasteiger partial charge on any atom is -0.387 e. The van der Waals surface area contributed by atoms with Gasteiger partial charge in [0.1, 0.15) is 0 Å². The van der Waals surface area contributed by atoms with Crippen molar-refractivity contribution in [1.29, 1.82) is 0 Å². The highest BCUT2D eigenvalue weighted by Crippen LogP contribution is 2.17. The van der Waals surface area contributed by atoms with E-state index in [0.717, 1.165) is 30.5 Å². The lowest BCUT2D eigenvalue weighted by Gasteiger charge is -2.12. The van der Waals surface area contributed by atoms with Crippen molar-refractivity contribution in [2.24, 2.45) is 0 Å². The number of likely N-dealkylation sites (N-methyl/N-ethyl adjacent to an activating group) is 1. The van der Waals surface area contributed by atoms with E-state index in [1.165, 1.54) is 83.5 Å². The standard InChI is InChI=1S/C28H49NO2/c1-3-5-6-7-8-9-10-11-12-13-14-15-16-17-18-22-27(30)25-20-19-21-26(23-25)28(31)24-29-4-2/h19-21,23,28-29,31H,3-18,22,24H2,1-2H3. The van der Waals surface area contributed by atoms with Gasteiger partial charge in [0.05, 0.1) is 6.10 Å². The van der Waals surface area contributed by atoms with Gasteiger partial charge in [-0.3, -0.25) is 4.79 Å². The summed E-state index contributed by atoms with van der Waals surface area (Å²) in [6.07, 6.45) is 20.1. The number of carbonyl (C=O) groups excluding carboxylic acids is 1. The van der Waals surface area contributed by atoms with E-state index in [2.05, 4.69) is 12.2 Å². The molecule has 0 aliphatic rings. The molecule has 1 unspecified atom stereocenters. The van der Waals surface area contributed by atoms with Crippen molar-refractivity contribution in [2.45, 2.75) is 123 Å². The summed E-state index contributed by atoms with van der Waals surface area (Å²) in [7, 11) is 0. The Balaban J connectivity index is 2.00. The van der Waals surface area contributed by atoms with Gasteiger partial charge >= 0.3 is 0 Å². The zero-order chi connectivity index (χ0) is 22.6. The highest BCUT2D eigenvalue weighted by Gasteiger charge is 2.11. The summed E-state index contributed by atoms with van der Waals surface area (Å²) >= 11 is 0. The lowest BCUT2D eigenvalue weighted by Crippen LogP contribution is -2.21. The molecular weight excluding hydrogens is 382 g/mol. The van der Waals surface area contributed by atoms with Gasteiger partial charge in [-0.1, -0.05) is 122 Å². The number of Topliss-reactive ketones (excluding diaryl/α,β-unsaturated/α-hetero) is 1. The van der Waals surface area contributed by atoms with E-state index in [0.29, 0.717) is 13.0 Å². The van der Waals surface area contributed by atoms with Crippen LogP contribution in [-0.4, -0.2) is 24.0 Å². The van der Waals surface area contributed by atoms with Crippen LogP contribution in [0.2, 0.25) is 0 Å². The second-order valence-corrected chi connectivity index (χ2v) is 9.07. The zero-order valence-electron chi connectivity index (χ0n) is 20.5. The topological polar surface area (TPSA) is 49.3 Å². The monoisotopic (exact) mass is 431 g/mol. The number of aliphatic hydroxyl groups is 1. The molecule has 0 fully saturated rings. The molecular formula is C28H49NO2.